The monoisotopic (exact) mass is 804 g/mol. The van der Waals surface area contributed by atoms with Crippen molar-refractivity contribution in [3.63, 3.8) is 0 Å². The standard InChI is InChI=1S/C49H89NO7/c1-6-8-10-12-14-16-18-20-22-24-26-28-30-32-34-36-38-40-48(52)57-45(43-55-42-41-46(49(53)54)50(3,4)5)44-56-47(51)39-37-35-33-31-29-27-25-23-21-19-17-15-13-11-9-7-2/h8,10,14,16,20,22,45-46H,6-7,9,11-13,15,17-19,21,23-44H2,1-5H3/b10-8-,16-14-,22-20-. The fourth-order valence-electron chi connectivity index (χ4n) is 6.91. The summed E-state index contributed by atoms with van der Waals surface area (Å²) in [5, 5.41) is 11.6. The van der Waals surface area contributed by atoms with Crippen molar-refractivity contribution in [3.8, 4) is 0 Å². The van der Waals surface area contributed by atoms with Crippen LogP contribution in [0.4, 0.5) is 0 Å². The van der Waals surface area contributed by atoms with Crippen LogP contribution in [0.3, 0.4) is 0 Å². The molecule has 8 heteroatoms. The number of aliphatic carboxylic acids is 1. The van der Waals surface area contributed by atoms with Crippen LogP contribution in [0.5, 0.6) is 0 Å². The maximum Gasteiger partial charge on any atom is 0.306 e. The first-order valence-electron chi connectivity index (χ1n) is 23.5. The van der Waals surface area contributed by atoms with Crippen LogP contribution in [0.15, 0.2) is 36.5 Å². The van der Waals surface area contributed by atoms with E-state index >= 15 is 0 Å². The number of unbranched alkanes of at least 4 members (excludes halogenated alkanes) is 22. The van der Waals surface area contributed by atoms with Crippen molar-refractivity contribution in [1.29, 1.82) is 0 Å². The van der Waals surface area contributed by atoms with Gasteiger partial charge in [0.2, 0.25) is 0 Å². The van der Waals surface area contributed by atoms with Gasteiger partial charge in [-0.3, -0.25) is 9.59 Å². The third kappa shape index (κ3) is 38.8. The molecule has 0 bridgehead atoms. The fraction of sp³-hybridized carbons (Fsp3) is 0.816. The number of carbonyl (C=O) groups is 3. The average Bonchev–Trinajstić information content (AvgIpc) is 3.17. The van der Waals surface area contributed by atoms with E-state index in [4.69, 9.17) is 14.2 Å². The Morgan fingerprint density at radius 3 is 1.46 bits per heavy atom. The number of quaternary nitrogens is 1. The van der Waals surface area contributed by atoms with Gasteiger partial charge in [0.05, 0.1) is 40.3 Å². The predicted octanol–water partition coefficient (Wildman–Crippen LogP) is 11.7. The van der Waals surface area contributed by atoms with Gasteiger partial charge in [0.25, 0.3) is 0 Å². The van der Waals surface area contributed by atoms with Crippen molar-refractivity contribution in [2.24, 2.45) is 0 Å². The van der Waals surface area contributed by atoms with Crippen LogP contribution in [0, 0.1) is 0 Å². The Hall–Kier alpha value is -2.45. The van der Waals surface area contributed by atoms with Gasteiger partial charge in [0.15, 0.2) is 6.10 Å². The van der Waals surface area contributed by atoms with Crippen molar-refractivity contribution >= 4 is 17.9 Å². The molecule has 57 heavy (non-hydrogen) atoms. The first kappa shape index (κ1) is 54.6. The minimum atomic E-state index is -1.13. The van der Waals surface area contributed by atoms with Crippen molar-refractivity contribution in [2.45, 2.75) is 219 Å². The Morgan fingerprint density at radius 1 is 0.544 bits per heavy atom. The van der Waals surface area contributed by atoms with Crippen molar-refractivity contribution in [2.75, 3.05) is 41.0 Å². The van der Waals surface area contributed by atoms with E-state index in [1.165, 1.54) is 109 Å². The predicted molar refractivity (Wildman–Crippen MR) is 236 cm³/mol. The summed E-state index contributed by atoms with van der Waals surface area (Å²) < 4.78 is 17.2. The summed E-state index contributed by atoms with van der Waals surface area (Å²) in [6.07, 6.45) is 45.9. The lowest BCUT2D eigenvalue weighted by Gasteiger charge is -2.34. The molecule has 332 valence electrons. The molecular weight excluding hydrogens is 715 g/mol. The molecule has 0 aliphatic rings. The van der Waals surface area contributed by atoms with E-state index < -0.39 is 18.1 Å². The molecule has 0 aromatic heterocycles. The molecule has 0 fully saturated rings. The molecule has 0 N–H and O–H groups in total. The van der Waals surface area contributed by atoms with Gasteiger partial charge in [-0.1, -0.05) is 179 Å². The molecule has 0 heterocycles. The zero-order valence-corrected chi connectivity index (χ0v) is 37.8. The van der Waals surface area contributed by atoms with Crippen LogP contribution in [-0.4, -0.2) is 75.5 Å². The van der Waals surface area contributed by atoms with Crippen LogP contribution >= 0.6 is 0 Å². The van der Waals surface area contributed by atoms with Gasteiger partial charge >= 0.3 is 11.9 Å². The molecule has 2 atom stereocenters. The lowest BCUT2D eigenvalue weighted by atomic mass is 10.0. The Bertz CT molecular complexity index is 1030. The summed E-state index contributed by atoms with van der Waals surface area (Å²) in [5.41, 5.74) is 0. The molecule has 0 saturated heterocycles. The number of ether oxygens (including phenoxy) is 3. The number of rotatable bonds is 42. The average molecular weight is 804 g/mol. The Morgan fingerprint density at radius 2 is 0.982 bits per heavy atom. The number of likely N-dealkylation sites (N-methyl/N-ethyl adjacent to an activating group) is 1. The zero-order valence-electron chi connectivity index (χ0n) is 37.8. The highest BCUT2D eigenvalue weighted by atomic mass is 16.6. The molecule has 0 radical (unpaired) electrons. The summed E-state index contributed by atoms with van der Waals surface area (Å²) in [6, 6.07) is -0.726. The largest absolute Gasteiger partial charge is 0.544 e. The third-order valence-corrected chi connectivity index (χ3v) is 10.5. The van der Waals surface area contributed by atoms with E-state index in [9.17, 15) is 19.5 Å². The molecule has 0 aromatic carbocycles. The van der Waals surface area contributed by atoms with Crippen molar-refractivity contribution in [3.05, 3.63) is 36.5 Å². The Kier molecular flexibility index (Phi) is 38.6. The molecule has 0 rings (SSSR count). The SMILES string of the molecule is CC/C=C\C/C=C\C/C=C\CCCCCCCCCC(=O)OC(COCCC(C(=O)[O-])[N+](C)(C)C)COC(=O)CCCCCCCCCCCCCCCCCC. The number of carboxylic acid groups (broad SMARTS) is 1. The number of hydrogen-bond acceptors (Lipinski definition) is 7. The number of esters is 2. The Labute approximate surface area is 351 Å². The molecule has 0 spiro atoms. The Balaban J connectivity index is 4.30. The van der Waals surface area contributed by atoms with E-state index in [1.54, 1.807) is 21.1 Å². The van der Waals surface area contributed by atoms with E-state index in [0.29, 0.717) is 12.8 Å². The summed E-state index contributed by atoms with van der Waals surface area (Å²) in [4.78, 5) is 36.9. The number of allylic oxidation sites excluding steroid dienone is 6. The van der Waals surface area contributed by atoms with Crippen LogP contribution in [0.1, 0.15) is 206 Å². The summed E-state index contributed by atoms with van der Waals surface area (Å²) in [6.45, 7) is 4.56. The molecule has 0 aliphatic heterocycles. The lowest BCUT2D eigenvalue weighted by molar-refractivity contribution is -0.889. The van der Waals surface area contributed by atoms with Crippen LogP contribution in [0.2, 0.25) is 0 Å². The normalized spacial score (nSPS) is 13.2. The van der Waals surface area contributed by atoms with Gasteiger partial charge in [0, 0.05) is 19.3 Å². The number of nitrogens with zero attached hydrogens (tertiary/aromatic N) is 1. The second-order valence-corrected chi connectivity index (χ2v) is 17.0. The highest BCUT2D eigenvalue weighted by Gasteiger charge is 2.25. The van der Waals surface area contributed by atoms with Gasteiger partial charge in [-0.25, -0.2) is 0 Å². The molecule has 2 unspecified atom stereocenters. The van der Waals surface area contributed by atoms with Gasteiger partial charge in [-0.15, -0.1) is 0 Å². The molecule has 0 saturated carbocycles. The number of hydrogen-bond donors (Lipinski definition) is 0. The summed E-state index contributed by atoms with van der Waals surface area (Å²) >= 11 is 0. The molecular formula is C49H89NO7. The van der Waals surface area contributed by atoms with Gasteiger partial charge < -0.3 is 28.6 Å². The minimum Gasteiger partial charge on any atom is -0.544 e. The smallest absolute Gasteiger partial charge is 0.306 e. The third-order valence-electron chi connectivity index (χ3n) is 10.5. The molecule has 8 nitrogen and oxygen atoms in total. The molecule has 0 aromatic rings. The second-order valence-electron chi connectivity index (χ2n) is 17.0. The number of carboxylic acids is 1. The molecule has 0 amide bonds. The van der Waals surface area contributed by atoms with E-state index in [-0.39, 0.29) is 42.7 Å². The van der Waals surface area contributed by atoms with Crippen LogP contribution < -0.4 is 5.11 Å². The van der Waals surface area contributed by atoms with Crippen molar-refractivity contribution in [1.82, 2.24) is 0 Å². The minimum absolute atomic E-state index is 0.0392. The first-order chi connectivity index (χ1) is 27.6. The zero-order chi connectivity index (χ0) is 42.1. The summed E-state index contributed by atoms with van der Waals surface area (Å²) in [7, 11) is 5.41. The van der Waals surface area contributed by atoms with Gasteiger partial charge in [-0.05, 0) is 44.9 Å². The van der Waals surface area contributed by atoms with Crippen LogP contribution in [-0.2, 0) is 28.6 Å². The van der Waals surface area contributed by atoms with Crippen LogP contribution in [0.25, 0.3) is 0 Å². The highest BCUT2D eigenvalue weighted by Crippen LogP contribution is 2.15. The summed E-state index contributed by atoms with van der Waals surface area (Å²) in [5.74, 6) is -1.74. The highest BCUT2D eigenvalue weighted by molar-refractivity contribution is 5.70. The molecule has 0 aliphatic carbocycles. The maximum absolute atomic E-state index is 12.7. The lowest BCUT2D eigenvalue weighted by Crippen LogP contribution is -2.55. The van der Waals surface area contributed by atoms with E-state index in [1.807, 2.05) is 0 Å². The topological polar surface area (TPSA) is 102 Å². The van der Waals surface area contributed by atoms with Crippen molar-refractivity contribution < 1.29 is 38.2 Å². The number of carbonyl (C=O) groups excluding carboxylic acids is 3. The quantitative estimate of drug-likeness (QED) is 0.0262. The maximum atomic E-state index is 12.7. The fourth-order valence-corrected chi connectivity index (χ4v) is 6.91. The van der Waals surface area contributed by atoms with E-state index in [0.717, 1.165) is 64.2 Å². The van der Waals surface area contributed by atoms with Gasteiger partial charge in [0.1, 0.15) is 12.6 Å². The van der Waals surface area contributed by atoms with E-state index in [2.05, 4.69) is 50.3 Å². The van der Waals surface area contributed by atoms with Gasteiger partial charge in [-0.2, -0.15) is 0 Å². The second kappa shape index (κ2) is 40.3. The first-order valence-corrected chi connectivity index (χ1v) is 23.5.